The number of hydrogen-bond acceptors (Lipinski definition) is 3. The first-order valence-electron chi connectivity index (χ1n) is 9.18. The average molecular weight is 302 g/mol. The molecule has 0 spiro atoms. The summed E-state index contributed by atoms with van der Waals surface area (Å²) in [6, 6.07) is 0. The molecule has 0 aromatic rings. The highest BCUT2D eigenvalue weighted by Gasteiger charge is 2.67. The minimum Gasteiger partial charge on any atom is -0.435 e. The smallest absolute Gasteiger partial charge is 0.314 e. The molecule has 0 N–H and O–H groups in total. The topological polar surface area (TPSA) is 35.5 Å². The van der Waals surface area contributed by atoms with Gasteiger partial charge in [-0.1, -0.05) is 12.2 Å². The van der Waals surface area contributed by atoms with Gasteiger partial charge in [-0.3, -0.25) is 4.79 Å². The van der Waals surface area contributed by atoms with Crippen LogP contribution in [0.15, 0.2) is 12.2 Å². The maximum atomic E-state index is 12.9. The highest BCUT2D eigenvalue weighted by atomic mass is 16.7. The number of esters is 1. The van der Waals surface area contributed by atoms with Crippen LogP contribution in [0.5, 0.6) is 0 Å². The Hall–Kier alpha value is -0.830. The average Bonchev–Trinajstić information content (AvgIpc) is 3.26. The van der Waals surface area contributed by atoms with Crippen molar-refractivity contribution in [2.45, 2.75) is 51.7 Å². The fourth-order valence-electron chi connectivity index (χ4n) is 6.66. The monoisotopic (exact) mass is 302 g/mol. The number of fused-ring (bicyclic) bond motifs is 9. The van der Waals surface area contributed by atoms with Crippen LogP contribution in [0.1, 0.15) is 45.4 Å². The summed E-state index contributed by atoms with van der Waals surface area (Å²) >= 11 is 0. The first-order chi connectivity index (χ1) is 10.7. The molecular weight excluding hydrogens is 276 g/mol. The van der Waals surface area contributed by atoms with E-state index in [9.17, 15) is 4.79 Å². The molecule has 4 bridgehead atoms. The SMILES string of the molecule is CC1(C(=O)OC2CCCCO2)CC2CC1C1C3C=CC(C3)C21. The molecule has 0 aromatic carbocycles. The molecule has 3 nitrogen and oxygen atoms in total. The van der Waals surface area contributed by atoms with E-state index < -0.39 is 0 Å². The van der Waals surface area contributed by atoms with E-state index in [-0.39, 0.29) is 17.7 Å². The molecule has 22 heavy (non-hydrogen) atoms. The van der Waals surface area contributed by atoms with Crippen molar-refractivity contribution in [3.63, 3.8) is 0 Å². The first kappa shape index (κ1) is 13.6. The third-order valence-electron chi connectivity index (χ3n) is 7.50. The normalized spacial score (nSPS) is 54.7. The van der Waals surface area contributed by atoms with Crippen molar-refractivity contribution in [2.75, 3.05) is 6.61 Å². The van der Waals surface area contributed by atoms with Crippen LogP contribution in [-0.4, -0.2) is 18.9 Å². The Labute approximate surface area is 132 Å². The molecule has 3 heteroatoms. The van der Waals surface area contributed by atoms with Crippen molar-refractivity contribution in [1.29, 1.82) is 0 Å². The molecule has 3 saturated carbocycles. The number of carbonyl (C=O) groups excluding carboxylic acids is 1. The quantitative estimate of drug-likeness (QED) is 0.444. The fraction of sp³-hybridized carbons (Fsp3) is 0.842. The Bertz CT molecular complexity index is 521. The fourth-order valence-corrected chi connectivity index (χ4v) is 6.66. The van der Waals surface area contributed by atoms with Gasteiger partial charge < -0.3 is 9.47 Å². The summed E-state index contributed by atoms with van der Waals surface area (Å²) < 4.78 is 11.4. The highest BCUT2D eigenvalue weighted by molar-refractivity contribution is 5.78. The van der Waals surface area contributed by atoms with E-state index in [1.807, 2.05) is 0 Å². The number of allylic oxidation sites excluding steroid dienone is 2. The molecule has 5 aliphatic rings. The minimum atomic E-state index is -0.284. The summed E-state index contributed by atoms with van der Waals surface area (Å²) in [6.45, 7) is 2.91. The largest absolute Gasteiger partial charge is 0.435 e. The van der Waals surface area contributed by atoms with Gasteiger partial charge in [-0.15, -0.1) is 0 Å². The summed E-state index contributed by atoms with van der Waals surface area (Å²) in [5.74, 6) is 4.48. The molecule has 8 unspecified atom stereocenters. The summed E-state index contributed by atoms with van der Waals surface area (Å²) in [4.78, 5) is 12.9. The van der Waals surface area contributed by atoms with E-state index in [1.54, 1.807) is 0 Å². The van der Waals surface area contributed by atoms with E-state index in [0.717, 1.165) is 61.9 Å². The zero-order chi connectivity index (χ0) is 14.9. The van der Waals surface area contributed by atoms with Crippen LogP contribution in [0.2, 0.25) is 0 Å². The van der Waals surface area contributed by atoms with Gasteiger partial charge >= 0.3 is 5.97 Å². The number of hydrogen-bond donors (Lipinski definition) is 0. The van der Waals surface area contributed by atoms with Crippen molar-refractivity contribution in [1.82, 2.24) is 0 Å². The summed E-state index contributed by atoms with van der Waals surface area (Å²) in [5.41, 5.74) is -0.259. The molecule has 1 heterocycles. The number of ether oxygens (including phenoxy) is 2. The Balaban J connectivity index is 1.35. The zero-order valence-corrected chi connectivity index (χ0v) is 13.4. The lowest BCUT2D eigenvalue weighted by molar-refractivity contribution is -0.201. The van der Waals surface area contributed by atoms with Crippen molar-refractivity contribution in [2.24, 2.45) is 40.9 Å². The molecule has 1 aliphatic heterocycles. The molecule has 0 amide bonds. The molecule has 0 radical (unpaired) electrons. The van der Waals surface area contributed by atoms with Gasteiger partial charge in [0.15, 0.2) is 0 Å². The van der Waals surface area contributed by atoms with Crippen molar-refractivity contribution in [3.8, 4) is 0 Å². The van der Waals surface area contributed by atoms with E-state index >= 15 is 0 Å². The molecule has 4 aliphatic carbocycles. The van der Waals surface area contributed by atoms with E-state index in [1.165, 1.54) is 12.8 Å². The lowest BCUT2D eigenvalue weighted by Gasteiger charge is -2.42. The Morgan fingerprint density at radius 3 is 2.77 bits per heavy atom. The molecule has 8 atom stereocenters. The maximum Gasteiger partial charge on any atom is 0.314 e. The van der Waals surface area contributed by atoms with Crippen LogP contribution in [0.4, 0.5) is 0 Å². The number of rotatable bonds is 2. The molecule has 5 rings (SSSR count). The van der Waals surface area contributed by atoms with Crippen LogP contribution in [0.25, 0.3) is 0 Å². The van der Waals surface area contributed by atoms with Crippen LogP contribution >= 0.6 is 0 Å². The molecule has 1 saturated heterocycles. The van der Waals surface area contributed by atoms with E-state index in [0.29, 0.717) is 5.92 Å². The summed E-state index contributed by atoms with van der Waals surface area (Å²) in [6.07, 6.45) is 11.3. The maximum absolute atomic E-state index is 12.9. The second-order valence-corrected chi connectivity index (χ2v) is 8.53. The first-order valence-corrected chi connectivity index (χ1v) is 9.18. The van der Waals surface area contributed by atoms with Gasteiger partial charge in [-0.2, -0.15) is 0 Å². The van der Waals surface area contributed by atoms with Crippen molar-refractivity contribution < 1.29 is 14.3 Å². The van der Waals surface area contributed by atoms with Gasteiger partial charge in [0, 0.05) is 6.42 Å². The predicted molar refractivity (Wildman–Crippen MR) is 81.7 cm³/mol. The van der Waals surface area contributed by atoms with Crippen LogP contribution in [0.3, 0.4) is 0 Å². The molecule has 0 aromatic heterocycles. The highest BCUT2D eigenvalue weighted by Crippen LogP contribution is 2.70. The molecule has 120 valence electrons. The summed E-state index contributed by atoms with van der Waals surface area (Å²) in [5, 5.41) is 0. The Morgan fingerprint density at radius 1 is 1.18 bits per heavy atom. The standard InChI is InChI=1S/C19H26O3/c1-19(18(20)22-15-4-2-3-7-21-15)10-13-9-14(19)17-12-6-5-11(8-12)16(13)17/h5-6,11-17H,2-4,7-10H2,1H3. The van der Waals surface area contributed by atoms with E-state index in [2.05, 4.69) is 19.1 Å². The van der Waals surface area contributed by atoms with Gasteiger partial charge in [0.05, 0.1) is 12.0 Å². The molecule has 4 fully saturated rings. The van der Waals surface area contributed by atoms with Gasteiger partial charge in [0.25, 0.3) is 0 Å². The van der Waals surface area contributed by atoms with Crippen molar-refractivity contribution in [3.05, 3.63) is 12.2 Å². The van der Waals surface area contributed by atoms with E-state index in [4.69, 9.17) is 9.47 Å². The van der Waals surface area contributed by atoms with Crippen LogP contribution < -0.4 is 0 Å². The lowest BCUT2D eigenvalue weighted by Crippen LogP contribution is -2.44. The van der Waals surface area contributed by atoms with Crippen LogP contribution in [0, 0.1) is 40.9 Å². The second kappa shape index (κ2) is 4.59. The van der Waals surface area contributed by atoms with Gasteiger partial charge in [-0.05, 0) is 74.5 Å². The second-order valence-electron chi connectivity index (χ2n) is 8.53. The van der Waals surface area contributed by atoms with Gasteiger partial charge in [-0.25, -0.2) is 0 Å². The van der Waals surface area contributed by atoms with Crippen LogP contribution in [-0.2, 0) is 14.3 Å². The van der Waals surface area contributed by atoms with Gasteiger partial charge in [0.1, 0.15) is 0 Å². The third kappa shape index (κ3) is 1.69. The number of carbonyl (C=O) groups is 1. The predicted octanol–water partition coefficient (Wildman–Crippen LogP) is 3.54. The Kier molecular flexibility index (Phi) is 2.84. The Morgan fingerprint density at radius 2 is 2.00 bits per heavy atom. The molecular formula is C19H26O3. The zero-order valence-electron chi connectivity index (χ0n) is 13.4. The van der Waals surface area contributed by atoms with Gasteiger partial charge in [0.2, 0.25) is 6.29 Å². The summed E-state index contributed by atoms with van der Waals surface area (Å²) in [7, 11) is 0. The van der Waals surface area contributed by atoms with Crippen molar-refractivity contribution >= 4 is 5.97 Å². The lowest BCUT2D eigenvalue weighted by atomic mass is 9.63. The minimum absolute atomic E-state index is 0.0251. The third-order valence-corrected chi connectivity index (χ3v) is 7.50.